The summed E-state index contributed by atoms with van der Waals surface area (Å²) in [6.45, 7) is 4.16. The highest BCUT2D eigenvalue weighted by Gasteiger charge is 2.37. The number of nitrogens with one attached hydrogen (secondary N) is 2. The van der Waals surface area contributed by atoms with E-state index in [0.29, 0.717) is 72.4 Å². The average molecular weight is 689 g/mol. The van der Waals surface area contributed by atoms with Crippen molar-refractivity contribution in [2.24, 2.45) is 0 Å². The lowest BCUT2D eigenvalue weighted by atomic mass is 9.80. The number of fused-ring (bicyclic) bond motifs is 1. The number of carbonyl (C=O) groups excluding carboxylic acids is 1. The molecule has 0 aromatic heterocycles. The number of carbonyl (C=O) groups is 1. The summed E-state index contributed by atoms with van der Waals surface area (Å²) in [5, 5.41) is 39.8. The van der Waals surface area contributed by atoms with Gasteiger partial charge >= 0.3 is 0 Å². The van der Waals surface area contributed by atoms with Crippen molar-refractivity contribution in [3.63, 3.8) is 0 Å². The highest BCUT2D eigenvalue weighted by Crippen LogP contribution is 2.57. The molecular weight excluding hydrogens is 648 g/mol. The van der Waals surface area contributed by atoms with Gasteiger partial charge in [0.1, 0.15) is 17.3 Å². The number of anilines is 2. The van der Waals surface area contributed by atoms with Gasteiger partial charge in [-0.3, -0.25) is 14.4 Å². The SMILES string of the molecule is COc1c(O)c2c(=O)cc(OC)c3c4c(OC)cc(NCCOCCO)c5c(=O)c(NCCOCCO)c6c(c(c1C(C(C)=O)C(C)=C6)c23)c54. The molecule has 1 aliphatic carbocycles. The van der Waals surface area contributed by atoms with Crippen LogP contribution in [-0.2, 0) is 14.3 Å². The molecule has 1 aliphatic rings. The fourth-order valence-electron chi connectivity index (χ4n) is 7.44. The number of aromatic hydroxyl groups is 1. The van der Waals surface area contributed by atoms with E-state index in [1.807, 2.05) is 0 Å². The molecule has 0 radical (unpaired) electrons. The molecule has 50 heavy (non-hydrogen) atoms. The van der Waals surface area contributed by atoms with Gasteiger partial charge in [0, 0.05) is 69.0 Å². The normalized spacial score (nSPS) is 14.1. The Labute approximate surface area is 286 Å². The number of phenolic OH excluding ortho intramolecular Hbond substituents is 1. The number of hydrogen-bond acceptors (Lipinski definition) is 13. The largest absolute Gasteiger partial charge is 0.504 e. The topological polar surface area (TPSA) is 182 Å². The third-order valence-electron chi connectivity index (χ3n) is 9.25. The van der Waals surface area contributed by atoms with Crippen molar-refractivity contribution in [3.8, 4) is 23.0 Å². The number of ketones is 1. The van der Waals surface area contributed by atoms with E-state index in [2.05, 4.69) is 10.6 Å². The fraction of sp³-hybridized carbons (Fsp3) is 0.378. The maximum absolute atomic E-state index is 14.9. The van der Waals surface area contributed by atoms with Crippen LogP contribution in [0.3, 0.4) is 0 Å². The van der Waals surface area contributed by atoms with Crippen LogP contribution < -0.4 is 35.7 Å². The highest BCUT2D eigenvalue weighted by molar-refractivity contribution is 6.40. The summed E-state index contributed by atoms with van der Waals surface area (Å²) in [6, 6.07) is 2.99. The summed E-state index contributed by atoms with van der Waals surface area (Å²) in [5.41, 5.74) is 1.25. The van der Waals surface area contributed by atoms with Crippen molar-refractivity contribution in [2.45, 2.75) is 19.8 Å². The molecule has 6 rings (SSSR count). The summed E-state index contributed by atoms with van der Waals surface area (Å²) in [7, 11) is 4.30. The number of Topliss-reactive ketones (excluding diaryl/α,β-unsaturated/α-hetero) is 1. The number of rotatable bonds is 16. The molecule has 0 fully saturated rings. The number of phenols is 1. The van der Waals surface area contributed by atoms with Gasteiger partial charge in [0.05, 0.1) is 83.3 Å². The van der Waals surface area contributed by atoms with Crippen LogP contribution in [-0.4, -0.2) is 95.2 Å². The average Bonchev–Trinajstić information content (AvgIpc) is 3.23. The van der Waals surface area contributed by atoms with Gasteiger partial charge in [-0.15, -0.1) is 0 Å². The molecule has 0 bridgehead atoms. The van der Waals surface area contributed by atoms with Gasteiger partial charge in [-0.1, -0.05) is 11.6 Å². The molecule has 5 N–H and O–H groups in total. The lowest BCUT2D eigenvalue weighted by Crippen LogP contribution is -2.20. The number of ether oxygens (including phenoxy) is 5. The van der Waals surface area contributed by atoms with Gasteiger partial charge in [-0.2, -0.15) is 0 Å². The van der Waals surface area contributed by atoms with Crippen LogP contribution in [0.5, 0.6) is 23.0 Å². The van der Waals surface area contributed by atoms with Crippen LogP contribution in [0.2, 0.25) is 0 Å². The van der Waals surface area contributed by atoms with Crippen molar-refractivity contribution < 1.29 is 43.8 Å². The lowest BCUT2D eigenvalue weighted by Gasteiger charge is -2.26. The zero-order chi connectivity index (χ0) is 35.9. The first-order chi connectivity index (χ1) is 24.2. The zero-order valence-electron chi connectivity index (χ0n) is 28.6. The summed E-state index contributed by atoms with van der Waals surface area (Å²) < 4.78 is 28.6. The minimum Gasteiger partial charge on any atom is -0.504 e. The van der Waals surface area contributed by atoms with Crippen molar-refractivity contribution in [1.29, 1.82) is 0 Å². The summed E-state index contributed by atoms with van der Waals surface area (Å²) in [6.07, 6.45) is 1.80. The van der Waals surface area contributed by atoms with Gasteiger partial charge in [0.25, 0.3) is 0 Å². The van der Waals surface area contributed by atoms with E-state index < -0.39 is 17.1 Å². The maximum Gasteiger partial charge on any atom is 0.212 e. The van der Waals surface area contributed by atoms with Gasteiger partial charge in [0.15, 0.2) is 16.9 Å². The second-order valence-corrected chi connectivity index (χ2v) is 12.1. The second kappa shape index (κ2) is 14.1. The molecule has 0 amide bonds. The predicted octanol–water partition coefficient (Wildman–Crippen LogP) is 3.56. The fourth-order valence-corrected chi connectivity index (χ4v) is 7.44. The molecule has 1 unspecified atom stereocenters. The number of aliphatic hydroxyl groups is 2. The quantitative estimate of drug-likeness (QED) is 0.0577. The standard InChI is InChI=1S/C37H40N2O11/c1-17-14-19-25-30-26(35(44)34(19)39-7-11-50-13-9-41)20(38-6-10-49-12-8-40)15-22(46-3)28(30)29-23(47-4)16-21(43)27-32(29)31(25)33(24(17)18(2)42)37(48-5)36(27)45/h14-16,24,38-41,45H,6-13H2,1-5H3. The number of hydrogen-bond donors (Lipinski definition) is 5. The Morgan fingerprint density at radius 1 is 0.760 bits per heavy atom. The van der Waals surface area contributed by atoms with Crippen molar-refractivity contribution in [1.82, 2.24) is 0 Å². The van der Waals surface area contributed by atoms with E-state index in [4.69, 9.17) is 28.8 Å². The first-order valence-electron chi connectivity index (χ1n) is 16.3. The van der Waals surface area contributed by atoms with Crippen LogP contribution in [0.4, 0.5) is 11.4 Å². The smallest absolute Gasteiger partial charge is 0.212 e. The molecule has 264 valence electrons. The third-order valence-corrected chi connectivity index (χ3v) is 9.25. The molecule has 0 saturated heterocycles. The molecule has 0 aliphatic heterocycles. The van der Waals surface area contributed by atoms with Crippen LogP contribution >= 0.6 is 0 Å². The molecule has 0 saturated carbocycles. The van der Waals surface area contributed by atoms with E-state index in [1.165, 1.54) is 34.3 Å². The van der Waals surface area contributed by atoms with E-state index in [9.17, 15) is 24.6 Å². The monoisotopic (exact) mass is 688 g/mol. The Balaban J connectivity index is 1.91. The molecule has 0 heterocycles. The maximum atomic E-state index is 14.9. The molecular formula is C37H40N2O11. The van der Waals surface area contributed by atoms with Gasteiger partial charge in [-0.05, 0) is 19.2 Å². The first-order valence-corrected chi connectivity index (χ1v) is 16.3. The Kier molecular flexibility index (Phi) is 9.85. The van der Waals surface area contributed by atoms with Crippen LogP contribution in [0.1, 0.15) is 30.9 Å². The minimum absolute atomic E-state index is 0.0153. The van der Waals surface area contributed by atoms with E-state index in [0.717, 1.165) is 0 Å². The van der Waals surface area contributed by atoms with E-state index in [1.54, 1.807) is 19.1 Å². The van der Waals surface area contributed by atoms with Crippen LogP contribution in [0.25, 0.3) is 49.2 Å². The van der Waals surface area contributed by atoms with Gasteiger partial charge in [0.2, 0.25) is 5.43 Å². The van der Waals surface area contributed by atoms with Crippen LogP contribution in [0.15, 0.2) is 27.3 Å². The van der Waals surface area contributed by atoms with E-state index >= 15 is 0 Å². The summed E-state index contributed by atoms with van der Waals surface area (Å²) in [5.74, 6) is -1.00. The first kappa shape index (κ1) is 34.9. The lowest BCUT2D eigenvalue weighted by molar-refractivity contribution is -0.117. The Bertz CT molecular complexity index is 2270. The van der Waals surface area contributed by atoms with Gasteiger partial charge < -0.3 is 49.6 Å². The second-order valence-electron chi connectivity index (χ2n) is 12.1. The molecule has 1 atom stereocenters. The Hall–Kier alpha value is -4.95. The highest BCUT2D eigenvalue weighted by atomic mass is 16.5. The van der Waals surface area contributed by atoms with Crippen molar-refractivity contribution in [3.05, 3.63) is 49.3 Å². The number of aliphatic hydroxyl groups excluding tert-OH is 2. The Morgan fingerprint density at radius 3 is 1.94 bits per heavy atom. The number of methoxy groups -OCH3 is 3. The molecule has 13 heteroatoms. The number of allylic oxidation sites excluding steroid dienone is 1. The zero-order valence-corrected chi connectivity index (χ0v) is 28.6. The third kappa shape index (κ3) is 5.37. The molecule has 0 spiro atoms. The molecule has 5 aromatic rings. The molecule has 13 nitrogen and oxygen atoms in total. The van der Waals surface area contributed by atoms with Gasteiger partial charge in [-0.25, -0.2) is 0 Å². The Morgan fingerprint density at radius 2 is 1.36 bits per heavy atom. The van der Waals surface area contributed by atoms with E-state index in [-0.39, 0.29) is 80.0 Å². The number of benzene rings is 5. The minimum atomic E-state index is -0.906. The van der Waals surface area contributed by atoms with Crippen molar-refractivity contribution in [2.75, 3.05) is 84.7 Å². The van der Waals surface area contributed by atoms with Crippen LogP contribution in [0, 0.1) is 0 Å². The molecule has 5 aromatic carbocycles. The predicted molar refractivity (Wildman–Crippen MR) is 193 cm³/mol. The summed E-state index contributed by atoms with van der Waals surface area (Å²) >= 11 is 0. The van der Waals surface area contributed by atoms with Crippen molar-refractivity contribution >= 4 is 66.3 Å². The summed E-state index contributed by atoms with van der Waals surface area (Å²) in [4.78, 5) is 42.3.